The van der Waals surface area contributed by atoms with Crippen molar-refractivity contribution in [1.82, 2.24) is 14.9 Å². The molecule has 3 atom stereocenters. The molecule has 0 aliphatic carbocycles. The van der Waals surface area contributed by atoms with Crippen LogP contribution in [0.4, 0.5) is 20.3 Å². The molecule has 1 unspecified atom stereocenters. The normalized spacial score (nSPS) is 25.5. The van der Waals surface area contributed by atoms with Gasteiger partial charge in [-0.3, -0.25) is 9.69 Å². The summed E-state index contributed by atoms with van der Waals surface area (Å²) in [5.41, 5.74) is 1.47. The molecular weight excluding hydrogens is 568 g/mol. The van der Waals surface area contributed by atoms with E-state index in [2.05, 4.69) is 9.80 Å². The fourth-order valence-electron chi connectivity index (χ4n) is 7.85. The smallest absolute Gasteiger partial charge is 0.318 e. The van der Waals surface area contributed by atoms with Gasteiger partial charge in [0.1, 0.15) is 35.7 Å². The second kappa shape index (κ2) is 11.4. The SMILES string of the molecule is CCc1c(F)ccc2cc(O)cc(N3Cc4nc(OC[C@@]56CCCN5C[C@H](F)C6)nc(N5CCCC(OC)CC5)c4C3=O)c12. The Kier molecular flexibility index (Phi) is 7.56. The quantitative estimate of drug-likeness (QED) is 0.394. The van der Waals surface area contributed by atoms with Gasteiger partial charge in [0.2, 0.25) is 0 Å². The van der Waals surface area contributed by atoms with Crippen LogP contribution in [0.1, 0.15) is 67.1 Å². The van der Waals surface area contributed by atoms with Crippen LogP contribution in [0.25, 0.3) is 10.8 Å². The number of anilines is 2. The highest BCUT2D eigenvalue weighted by molar-refractivity contribution is 6.16. The van der Waals surface area contributed by atoms with Gasteiger partial charge in [-0.1, -0.05) is 13.0 Å². The average Bonchev–Trinajstić information content (AvgIpc) is 3.57. The molecule has 1 aromatic heterocycles. The number of rotatable bonds is 7. The van der Waals surface area contributed by atoms with Gasteiger partial charge in [-0.15, -0.1) is 0 Å². The molecule has 234 valence electrons. The highest BCUT2D eigenvalue weighted by atomic mass is 19.1. The molecule has 1 amide bonds. The van der Waals surface area contributed by atoms with E-state index >= 15 is 0 Å². The average molecular weight is 608 g/mol. The Hall–Kier alpha value is -3.57. The van der Waals surface area contributed by atoms with Gasteiger partial charge in [-0.25, -0.2) is 8.78 Å². The summed E-state index contributed by atoms with van der Waals surface area (Å²) in [5, 5.41) is 11.9. The van der Waals surface area contributed by atoms with Crippen molar-refractivity contribution < 1.29 is 28.2 Å². The third-order valence-corrected chi connectivity index (χ3v) is 10.0. The highest BCUT2D eigenvalue weighted by Crippen LogP contribution is 2.43. The monoisotopic (exact) mass is 607 g/mol. The zero-order valence-electron chi connectivity index (χ0n) is 25.3. The first kappa shape index (κ1) is 29.2. The van der Waals surface area contributed by atoms with Gasteiger partial charge in [0.25, 0.3) is 5.91 Å². The molecule has 9 nitrogen and oxygen atoms in total. The number of hydrogen-bond acceptors (Lipinski definition) is 8. The van der Waals surface area contributed by atoms with Crippen molar-refractivity contribution in [2.24, 2.45) is 0 Å². The van der Waals surface area contributed by atoms with Crippen LogP contribution in [-0.4, -0.2) is 83.6 Å². The molecule has 0 bridgehead atoms. The van der Waals surface area contributed by atoms with Gasteiger partial charge in [-0.2, -0.15) is 9.97 Å². The molecule has 1 N–H and O–H groups in total. The van der Waals surface area contributed by atoms with Crippen LogP contribution in [0.3, 0.4) is 0 Å². The van der Waals surface area contributed by atoms with E-state index in [1.54, 1.807) is 24.1 Å². The largest absolute Gasteiger partial charge is 0.508 e. The fraction of sp³-hybridized carbons (Fsp3) is 0.545. The molecule has 7 rings (SSSR count). The molecule has 44 heavy (non-hydrogen) atoms. The molecular formula is C33H39F2N5O4. The summed E-state index contributed by atoms with van der Waals surface area (Å²) in [6.45, 7) is 4.90. The topological polar surface area (TPSA) is 91.3 Å². The minimum absolute atomic E-state index is 0.0125. The van der Waals surface area contributed by atoms with Gasteiger partial charge >= 0.3 is 6.01 Å². The number of aromatic hydroxyl groups is 1. The van der Waals surface area contributed by atoms with Crippen LogP contribution in [-0.2, 0) is 17.7 Å². The molecule has 5 heterocycles. The number of hydrogen-bond donors (Lipinski definition) is 1. The summed E-state index contributed by atoms with van der Waals surface area (Å²) in [4.78, 5) is 29.7. The molecule has 2 aromatic carbocycles. The lowest BCUT2D eigenvalue weighted by molar-refractivity contribution is 0.0931. The maximum atomic E-state index is 15.0. The molecule has 0 radical (unpaired) electrons. The Morgan fingerprint density at radius 2 is 2.00 bits per heavy atom. The van der Waals surface area contributed by atoms with E-state index in [4.69, 9.17) is 19.4 Å². The van der Waals surface area contributed by atoms with E-state index in [9.17, 15) is 18.7 Å². The number of nitrogens with zero attached hydrogens (tertiary/aromatic N) is 5. The Balaban J connectivity index is 1.28. The number of phenols is 1. The Morgan fingerprint density at radius 1 is 1.14 bits per heavy atom. The fourth-order valence-corrected chi connectivity index (χ4v) is 7.85. The zero-order valence-corrected chi connectivity index (χ0v) is 25.3. The molecule has 3 fully saturated rings. The Bertz CT molecular complexity index is 1600. The lowest BCUT2D eigenvalue weighted by atomic mass is 9.95. The van der Waals surface area contributed by atoms with Gasteiger partial charge in [0, 0.05) is 44.6 Å². The second-order valence-corrected chi connectivity index (χ2v) is 12.6. The van der Waals surface area contributed by atoms with Crippen molar-refractivity contribution in [3.63, 3.8) is 0 Å². The Labute approximate surface area is 255 Å². The van der Waals surface area contributed by atoms with E-state index in [0.717, 1.165) is 38.6 Å². The molecule has 3 aromatic rings. The van der Waals surface area contributed by atoms with Gasteiger partial charge < -0.3 is 24.4 Å². The number of amides is 1. The van der Waals surface area contributed by atoms with Gasteiger partial charge in [-0.05, 0) is 68.2 Å². The standard InChI is InChI=1S/C33H39F2N5O4/c1-3-24-25(35)8-7-20-14-22(41)15-27(28(20)24)40-18-26-29(31(40)42)30(38-11-4-6-23(43-2)9-13-38)37-32(36-26)44-19-33-10-5-12-39(33)17-21(34)16-33/h7-8,14-15,21,23,41H,3-6,9-13,16-19H2,1-2H3/t21-,23?,33+/m1/s1. The minimum atomic E-state index is -0.873. The van der Waals surface area contributed by atoms with Crippen molar-refractivity contribution in [1.29, 1.82) is 0 Å². The molecule has 4 aliphatic rings. The Morgan fingerprint density at radius 3 is 2.82 bits per heavy atom. The van der Waals surface area contributed by atoms with Gasteiger partial charge in [0.15, 0.2) is 0 Å². The van der Waals surface area contributed by atoms with Crippen molar-refractivity contribution in [3.05, 3.63) is 46.9 Å². The third kappa shape index (κ3) is 4.94. The number of halogens is 2. The van der Waals surface area contributed by atoms with Crippen molar-refractivity contribution >= 4 is 28.2 Å². The summed E-state index contributed by atoms with van der Waals surface area (Å²) in [6, 6.07) is 6.29. The van der Waals surface area contributed by atoms with Crippen molar-refractivity contribution in [2.75, 3.05) is 49.7 Å². The number of carbonyl (C=O) groups is 1. The van der Waals surface area contributed by atoms with Crippen LogP contribution < -0.4 is 14.5 Å². The maximum absolute atomic E-state index is 15.0. The number of ether oxygens (including phenoxy) is 2. The number of fused-ring (bicyclic) bond motifs is 3. The predicted octanol–water partition coefficient (Wildman–Crippen LogP) is 5.16. The van der Waals surface area contributed by atoms with E-state index in [1.807, 2.05) is 6.92 Å². The first-order chi connectivity index (χ1) is 21.3. The number of benzene rings is 2. The highest BCUT2D eigenvalue weighted by Gasteiger charge is 2.49. The van der Waals surface area contributed by atoms with Crippen molar-refractivity contribution in [3.8, 4) is 11.8 Å². The van der Waals surface area contributed by atoms with Gasteiger partial charge in [0.05, 0.1) is 29.6 Å². The maximum Gasteiger partial charge on any atom is 0.318 e. The molecule has 4 aliphatic heterocycles. The minimum Gasteiger partial charge on any atom is -0.508 e. The second-order valence-electron chi connectivity index (χ2n) is 12.6. The van der Waals surface area contributed by atoms with E-state index < -0.39 is 6.17 Å². The summed E-state index contributed by atoms with van der Waals surface area (Å²) >= 11 is 0. The van der Waals surface area contributed by atoms with E-state index in [1.165, 1.54) is 12.1 Å². The molecule has 3 saturated heterocycles. The summed E-state index contributed by atoms with van der Waals surface area (Å²) < 4.78 is 41.4. The summed E-state index contributed by atoms with van der Waals surface area (Å²) in [7, 11) is 1.72. The summed E-state index contributed by atoms with van der Waals surface area (Å²) in [5.74, 6) is -0.158. The number of aromatic nitrogens is 2. The third-order valence-electron chi connectivity index (χ3n) is 10.0. The first-order valence-electron chi connectivity index (χ1n) is 15.8. The van der Waals surface area contributed by atoms with Crippen LogP contribution in [0.2, 0.25) is 0 Å². The lowest BCUT2D eigenvalue weighted by Crippen LogP contribution is -2.43. The van der Waals surface area contributed by atoms with Crippen LogP contribution in [0.15, 0.2) is 24.3 Å². The summed E-state index contributed by atoms with van der Waals surface area (Å²) in [6.07, 6.45) is 4.55. The van der Waals surface area contributed by atoms with E-state index in [-0.39, 0.29) is 48.3 Å². The van der Waals surface area contributed by atoms with E-state index in [0.29, 0.717) is 71.6 Å². The van der Waals surface area contributed by atoms with Crippen molar-refractivity contribution in [2.45, 2.75) is 76.2 Å². The number of carbonyl (C=O) groups excluding carboxylic acids is 1. The molecule has 0 spiro atoms. The number of alkyl halides is 1. The number of phenolic OH excluding ortho intramolecular Hbond substituents is 1. The number of methoxy groups -OCH3 is 1. The van der Waals surface area contributed by atoms with Crippen LogP contribution in [0.5, 0.6) is 11.8 Å². The van der Waals surface area contributed by atoms with Crippen LogP contribution >= 0.6 is 0 Å². The number of aryl methyl sites for hydroxylation is 1. The lowest BCUT2D eigenvalue weighted by Gasteiger charge is -2.31. The van der Waals surface area contributed by atoms with Crippen LogP contribution in [0, 0.1) is 5.82 Å². The molecule has 11 heteroatoms. The molecule has 0 saturated carbocycles. The predicted molar refractivity (Wildman–Crippen MR) is 163 cm³/mol. The zero-order chi connectivity index (χ0) is 30.6. The first-order valence-corrected chi connectivity index (χ1v) is 15.8.